The van der Waals surface area contributed by atoms with Crippen LogP contribution in [0, 0.1) is 34.5 Å². The quantitative estimate of drug-likeness (QED) is 0.0704. The smallest absolute Gasteiger partial charge is 0.474 e. The summed E-state index contributed by atoms with van der Waals surface area (Å²) in [5, 5.41) is 21.4. The molecule has 2 saturated heterocycles. The van der Waals surface area contributed by atoms with Gasteiger partial charge in [-0.15, -0.1) is 0 Å². The van der Waals surface area contributed by atoms with Crippen molar-refractivity contribution in [3.05, 3.63) is 117 Å². The zero-order valence-corrected chi connectivity index (χ0v) is 43.9. The molecule has 8 rings (SSSR count). The number of halogens is 4. The molecule has 0 saturated carbocycles. The Labute approximate surface area is 436 Å². The number of fused-ring (bicyclic) bond motifs is 2. The molecule has 0 spiro atoms. The molecule has 6 aromatic heterocycles. The molecule has 75 heavy (non-hydrogen) atoms. The third-order valence-corrected chi connectivity index (χ3v) is 13.6. The van der Waals surface area contributed by atoms with E-state index in [1.807, 2.05) is 36.4 Å². The predicted octanol–water partition coefficient (Wildman–Crippen LogP) is 7.70. The number of nitrogens with zero attached hydrogens (tertiary/aromatic N) is 10. The molecule has 1 N–H and O–H groups in total. The van der Waals surface area contributed by atoms with E-state index in [0.717, 1.165) is 73.5 Å². The average molecular weight is 1070 g/mol. The third kappa shape index (κ3) is 16.4. The highest BCUT2D eigenvalue weighted by Gasteiger charge is 2.49. The van der Waals surface area contributed by atoms with Crippen molar-refractivity contribution in [1.82, 2.24) is 39.3 Å². The monoisotopic (exact) mass is 1060 g/mol. The van der Waals surface area contributed by atoms with Crippen LogP contribution in [0.25, 0.3) is 22.1 Å². The summed E-state index contributed by atoms with van der Waals surface area (Å²) in [6, 6.07) is 23.3. The Morgan fingerprint density at radius 1 is 0.773 bits per heavy atom. The van der Waals surface area contributed by atoms with E-state index in [1.165, 1.54) is 38.8 Å². The Hall–Kier alpha value is -7.21. The first-order valence-corrected chi connectivity index (χ1v) is 25.7. The van der Waals surface area contributed by atoms with E-state index >= 15 is 0 Å². The van der Waals surface area contributed by atoms with Gasteiger partial charge >= 0.3 is 15.6 Å². The topological polar surface area (TPSA) is 223 Å². The van der Waals surface area contributed by atoms with Gasteiger partial charge in [0, 0.05) is 88.6 Å². The van der Waals surface area contributed by atoms with Gasteiger partial charge < -0.3 is 37.9 Å². The maximum Gasteiger partial charge on any atom is 0.534 e. The molecule has 0 radical (unpaired) electrons. The summed E-state index contributed by atoms with van der Waals surface area (Å²) in [5.41, 5.74) is -4.52. The van der Waals surface area contributed by atoms with Crippen molar-refractivity contribution in [2.75, 3.05) is 57.9 Å². The standard InChI is InChI=1S/C22H23N5O2.C12H18N2O.C11H6F3N3O4S.C6H15N.CH3F/c1-3-15-14-27(11-9-19(15)29-20-6-4-5-10-24-20)18-12-21(28)26(2)17-8-7-16(13-23)25-22(17)18;1-2-10-9-13-8-6-11(10)15-12-5-3-4-7-14-12;1-17-7-3-2-6(5-15)16-10(7)8(4-9(17)18)21-22(19,20)11(12,13)14;1-4-7(5-2)6-3;1-2/h4-8,10,12,15,19H,3,9,11,14H2,1-2H3;3-5,7,10-11,13H,2,6,8-9H2,1H3;2-4H,1H3;4-6H2,1-3H3;1H3/t15-,19-;10-,11+;;;/m11.../s1/i;;;;1D. The molecule has 0 unspecified atom stereocenters. The number of ether oxygens (including phenoxy) is 2. The number of rotatable bonds is 12. The van der Waals surface area contributed by atoms with E-state index in [-0.39, 0.29) is 28.4 Å². The number of alkyl halides is 4. The van der Waals surface area contributed by atoms with Gasteiger partial charge in [0.1, 0.15) is 46.8 Å². The predicted molar refractivity (Wildman–Crippen MR) is 279 cm³/mol. The minimum Gasteiger partial charge on any atom is -0.474 e. The number of aromatic nitrogens is 6. The Morgan fingerprint density at radius 3 is 1.75 bits per heavy atom. The van der Waals surface area contributed by atoms with Crippen molar-refractivity contribution in [2.45, 2.75) is 78.0 Å². The molecule has 4 atom stereocenters. The van der Waals surface area contributed by atoms with Gasteiger partial charge in [0.2, 0.25) is 11.8 Å². The van der Waals surface area contributed by atoms with Crippen molar-refractivity contribution in [3.63, 3.8) is 0 Å². The fourth-order valence-electron chi connectivity index (χ4n) is 8.26. The average Bonchev–Trinajstić information content (AvgIpc) is 3.42. The first kappa shape index (κ1) is 58.7. The normalized spacial score (nSPS) is 17.4. The Bertz CT molecular complexity index is 3100. The van der Waals surface area contributed by atoms with E-state index in [1.54, 1.807) is 48.3 Å². The van der Waals surface area contributed by atoms with E-state index in [9.17, 15) is 40.8 Å². The number of hydrogen-bond donors (Lipinski definition) is 1. The molecule has 23 heteroatoms. The number of anilines is 1. The van der Waals surface area contributed by atoms with Crippen LogP contribution in [0.3, 0.4) is 0 Å². The summed E-state index contributed by atoms with van der Waals surface area (Å²) >= 11 is 0. The molecule has 0 bridgehead atoms. The fourth-order valence-corrected chi connectivity index (χ4v) is 8.72. The van der Waals surface area contributed by atoms with Gasteiger partial charge in [-0.1, -0.05) is 46.8 Å². The van der Waals surface area contributed by atoms with Crippen LogP contribution in [0.2, 0.25) is 0 Å². The molecule has 0 aromatic carbocycles. The Balaban J connectivity index is 0.000000234. The van der Waals surface area contributed by atoms with Crippen LogP contribution in [0.1, 0.15) is 73.1 Å². The molecule has 0 aliphatic carbocycles. The van der Waals surface area contributed by atoms with Gasteiger partial charge in [-0.3, -0.25) is 14.0 Å². The number of nitrogens with one attached hydrogen (secondary N) is 1. The van der Waals surface area contributed by atoms with Crippen LogP contribution in [-0.2, 0) is 24.2 Å². The van der Waals surface area contributed by atoms with Crippen LogP contribution in [0.5, 0.6) is 17.5 Å². The van der Waals surface area contributed by atoms with Crippen molar-refractivity contribution >= 4 is 37.9 Å². The molecule has 0 amide bonds. The molecule has 2 fully saturated rings. The lowest BCUT2D eigenvalue weighted by Crippen LogP contribution is -2.46. The molecule has 2 aliphatic heterocycles. The lowest BCUT2D eigenvalue weighted by molar-refractivity contribution is -0.0499. The van der Waals surface area contributed by atoms with E-state index in [2.05, 4.69) is 79.9 Å². The lowest BCUT2D eigenvalue weighted by atomic mass is 9.91. The number of pyridine rings is 6. The molecule has 18 nitrogen and oxygen atoms in total. The number of aryl methyl sites for hydroxylation is 2. The van der Waals surface area contributed by atoms with Gasteiger partial charge in [-0.2, -0.15) is 32.1 Å². The maximum absolute atomic E-state index is 12.5. The molecular formula is C52H65F4N11O7S. The summed E-state index contributed by atoms with van der Waals surface area (Å²) in [6.07, 6.45) is 7.92. The number of nitriles is 2. The van der Waals surface area contributed by atoms with Gasteiger partial charge in [-0.05, 0) is 81.8 Å². The lowest BCUT2D eigenvalue weighted by Gasteiger charge is -2.39. The van der Waals surface area contributed by atoms with E-state index < -0.39 is 34.1 Å². The summed E-state index contributed by atoms with van der Waals surface area (Å²) < 4.78 is 93.4. The van der Waals surface area contributed by atoms with Gasteiger partial charge in [0.25, 0.3) is 11.1 Å². The highest BCUT2D eigenvalue weighted by molar-refractivity contribution is 7.88. The first-order valence-electron chi connectivity index (χ1n) is 25.0. The third-order valence-electron chi connectivity index (χ3n) is 12.6. The molecular weight excluding hydrogens is 999 g/mol. The van der Waals surface area contributed by atoms with Crippen molar-refractivity contribution in [1.29, 1.82) is 10.5 Å². The molecule has 404 valence electrons. The van der Waals surface area contributed by atoms with Crippen LogP contribution >= 0.6 is 0 Å². The number of hydrogen-bond acceptors (Lipinski definition) is 16. The van der Waals surface area contributed by atoms with Gasteiger partial charge in [-0.25, -0.2) is 19.9 Å². The van der Waals surface area contributed by atoms with Crippen molar-refractivity contribution < 1.29 is 41.0 Å². The minimum absolute atomic E-state index is 0.0128. The fraction of sp³-hybridized carbons (Fsp3) is 0.462. The van der Waals surface area contributed by atoms with Crippen LogP contribution in [0.15, 0.2) is 94.8 Å². The maximum atomic E-state index is 12.5. The highest BCUT2D eigenvalue weighted by Crippen LogP contribution is 2.32. The zero-order chi connectivity index (χ0) is 56.0. The van der Waals surface area contributed by atoms with E-state index in [4.69, 9.17) is 16.1 Å². The van der Waals surface area contributed by atoms with Gasteiger partial charge in [0.05, 0.1) is 25.2 Å². The summed E-state index contributed by atoms with van der Waals surface area (Å²) in [4.78, 5) is 45.4. The van der Waals surface area contributed by atoms with E-state index in [0.29, 0.717) is 41.1 Å². The summed E-state index contributed by atoms with van der Waals surface area (Å²) in [7, 11) is -3.93. The van der Waals surface area contributed by atoms with Crippen LogP contribution in [-0.4, -0.2) is 113 Å². The second kappa shape index (κ2) is 29.0. The second-order valence-corrected chi connectivity index (χ2v) is 18.5. The second-order valence-electron chi connectivity index (χ2n) is 17.0. The van der Waals surface area contributed by atoms with Crippen LogP contribution in [0.4, 0.5) is 23.2 Å². The van der Waals surface area contributed by atoms with Crippen LogP contribution < -0.4 is 35.0 Å². The first-order chi connectivity index (χ1) is 36.3. The minimum atomic E-state index is -5.96. The van der Waals surface area contributed by atoms with Crippen molar-refractivity contribution in [2.24, 2.45) is 25.9 Å². The summed E-state index contributed by atoms with van der Waals surface area (Å²) in [6.45, 7) is 18.1. The SMILES string of the molecule is CCN(CC)CC.CC[C@@H]1CN(c2cc(=O)n(C)c3ccc(C#N)nc23)CC[C@H]1Oc1ccccn1.CC[C@@H]1CNCC[C@@H]1Oc1ccccn1.Cn1c(=O)cc(OS(=O)(=O)C(F)(F)F)c2nc(C#N)ccc21.[2H]CF. The Morgan fingerprint density at radius 2 is 1.28 bits per heavy atom. The van der Waals surface area contributed by atoms with Gasteiger partial charge in [0.15, 0.2) is 5.75 Å². The molecule has 6 aromatic rings. The highest BCUT2D eigenvalue weighted by atomic mass is 32.2. The molecule has 2 aliphatic rings. The summed E-state index contributed by atoms with van der Waals surface area (Å²) in [5.74, 6) is 1.41. The largest absolute Gasteiger partial charge is 0.534 e. The van der Waals surface area contributed by atoms with Crippen molar-refractivity contribution in [3.8, 4) is 29.6 Å². The zero-order valence-electron chi connectivity index (χ0n) is 44.1. The number of piperidine rings is 2. The molecule has 8 heterocycles. The Kier molecular flexibility index (Phi) is 22.7.